The van der Waals surface area contributed by atoms with Crippen LogP contribution in [0, 0.1) is 0 Å². The molecule has 9 nitrogen and oxygen atoms in total. The number of hydrogen-bond acceptors (Lipinski definition) is 7. The Kier molecular flexibility index (Phi) is 2.54. The molecule has 2 unspecified atom stereocenters. The van der Waals surface area contributed by atoms with Crippen LogP contribution >= 0.6 is 11.8 Å². The Morgan fingerprint density at radius 2 is 2.37 bits per heavy atom. The van der Waals surface area contributed by atoms with Crippen LogP contribution in [0.4, 0.5) is 0 Å². The molecular formula is C9H12N6O3S. The SMILES string of the molecule is Cn1nnnc1C1(C(=O)O)CS[C@@H]2C(N)C(=O)N2C1. The van der Waals surface area contributed by atoms with Crippen molar-refractivity contribution in [3.63, 3.8) is 0 Å². The number of tetrazole rings is 1. The first-order chi connectivity index (χ1) is 8.97. The average molecular weight is 284 g/mol. The van der Waals surface area contributed by atoms with Crippen LogP contribution in [0.3, 0.4) is 0 Å². The number of carboxylic acid groups (broad SMARTS) is 1. The van der Waals surface area contributed by atoms with Gasteiger partial charge in [0.1, 0.15) is 11.4 Å². The maximum atomic E-state index is 11.7. The number of β-lactam (4-membered cyclic amide) rings is 1. The molecule has 0 bridgehead atoms. The number of nitrogens with zero attached hydrogens (tertiary/aromatic N) is 5. The number of hydrogen-bond donors (Lipinski definition) is 2. The summed E-state index contributed by atoms with van der Waals surface area (Å²) in [6.07, 6.45) is 0. The molecule has 2 saturated heterocycles. The fourth-order valence-corrected chi connectivity index (χ4v) is 3.95. The molecule has 10 heteroatoms. The molecular weight excluding hydrogens is 272 g/mol. The summed E-state index contributed by atoms with van der Waals surface area (Å²) >= 11 is 1.36. The molecule has 0 saturated carbocycles. The van der Waals surface area contributed by atoms with Crippen molar-refractivity contribution >= 4 is 23.6 Å². The molecule has 3 N–H and O–H groups in total. The zero-order valence-corrected chi connectivity index (χ0v) is 10.9. The average Bonchev–Trinajstić information content (AvgIpc) is 2.83. The zero-order valence-electron chi connectivity index (χ0n) is 10.1. The fourth-order valence-electron chi connectivity index (χ4n) is 2.47. The van der Waals surface area contributed by atoms with Gasteiger partial charge in [0.25, 0.3) is 0 Å². The molecule has 1 amide bonds. The van der Waals surface area contributed by atoms with Gasteiger partial charge in [-0.25, -0.2) is 4.68 Å². The van der Waals surface area contributed by atoms with Crippen LogP contribution in [0.5, 0.6) is 0 Å². The summed E-state index contributed by atoms with van der Waals surface area (Å²) in [5, 5.41) is 20.4. The van der Waals surface area contributed by atoms with Gasteiger partial charge in [-0.15, -0.1) is 16.9 Å². The van der Waals surface area contributed by atoms with E-state index in [-0.39, 0.29) is 23.7 Å². The van der Waals surface area contributed by atoms with Gasteiger partial charge in [0.15, 0.2) is 11.2 Å². The van der Waals surface area contributed by atoms with Gasteiger partial charge in [0.05, 0.1) is 0 Å². The molecule has 19 heavy (non-hydrogen) atoms. The molecule has 1 aromatic heterocycles. The number of nitrogens with two attached hydrogens (primary N) is 1. The topological polar surface area (TPSA) is 127 Å². The number of rotatable bonds is 2. The van der Waals surface area contributed by atoms with Gasteiger partial charge >= 0.3 is 5.97 Å². The molecule has 2 fully saturated rings. The van der Waals surface area contributed by atoms with E-state index < -0.39 is 17.4 Å². The van der Waals surface area contributed by atoms with Gasteiger partial charge < -0.3 is 15.7 Å². The van der Waals surface area contributed by atoms with Crippen molar-refractivity contribution in [1.29, 1.82) is 0 Å². The summed E-state index contributed by atoms with van der Waals surface area (Å²) in [7, 11) is 1.58. The van der Waals surface area contributed by atoms with E-state index in [0.717, 1.165) is 0 Å². The molecule has 0 aliphatic carbocycles. The minimum Gasteiger partial charge on any atom is -0.480 e. The van der Waals surface area contributed by atoms with E-state index in [9.17, 15) is 14.7 Å². The number of carbonyl (C=O) groups excluding carboxylic acids is 1. The molecule has 0 radical (unpaired) electrons. The van der Waals surface area contributed by atoms with Crippen molar-refractivity contribution in [1.82, 2.24) is 25.1 Å². The first-order valence-corrected chi connectivity index (χ1v) is 6.66. The summed E-state index contributed by atoms with van der Waals surface area (Å²) in [4.78, 5) is 24.9. The quantitative estimate of drug-likeness (QED) is 0.584. The van der Waals surface area contributed by atoms with Crippen molar-refractivity contribution in [2.75, 3.05) is 12.3 Å². The molecule has 3 rings (SSSR count). The zero-order chi connectivity index (χ0) is 13.8. The molecule has 3 heterocycles. The normalized spacial score (nSPS) is 33.8. The van der Waals surface area contributed by atoms with Gasteiger partial charge in [-0.2, -0.15) is 0 Å². The van der Waals surface area contributed by atoms with E-state index in [1.165, 1.54) is 21.3 Å². The van der Waals surface area contributed by atoms with E-state index in [4.69, 9.17) is 5.73 Å². The third kappa shape index (κ3) is 1.49. The Hall–Kier alpha value is -1.68. The van der Waals surface area contributed by atoms with E-state index in [0.29, 0.717) is 5.75 Å². The van der Waals surface area contributed by atoms with Gasteiger partial charge in [-0.05, 0) is 10.4 Å². The third-order valence-electron chi connectivity index (χ3n) is 3.58. The largest absolute Gasteiger partial charge is 0.480 e. The van der Waals surface area contributed by atoms with Crippen LogP contribution in [0.25, 0.3) is 0 Å². The van der Waals surface area contributed by atoms with Crippen LogP contribution in [0.15, 0.2) is 0 Å². The lowest BCUT2D eigenvalue weighted by molar-refractivity contribution is -0.152. The number of thioether (sulfide) groups is 1. The lowest BCUT2D eigenvalue weighted by atomic mass is 9.86. The number of fused-ring (bicyclic) bond motifs is 1. The molecule has 2 aliphatic heterocycles. The highest BCUT2D eigenvalue weighted by molar-refractivity contribution is 8.00. The molecule has 0 spiro atoms. The number of carboxylic acids is 1. The van der Waals surface area contributed by atoms with Gasteiger partial charge in [-0.3, -0.25) is 9.59 Å². The monoisotopic (exact) mass is 284 g/mol. The summed E-state index contributed by atoms with van der Waals surface area (Å²) in [5.74, 6) is -0.722. The molecule has 1 aromatic rings. The highest BCUT2D eigenvalue weighted by atomic mass is 32.2. The summed E-state index contributed by atoms with van der Waals surface area (Å²) < 4.78 is 1.33. The van der Waals surface area contributed by atoms with Crippen LogP contribution in [-0.4, -0.2) is 65.8 Å². The van der Waals surface area contributed by atoms with Crippen molar-refractivity contribution in [3.8, 4) is 0 Å². The minimum atomic E-state index is -1.28. The maximum Gasteiger partial charge on any atom is 0.320 e. The maximum absolute atomic E-state index is 11.7. The Balaban J connectivity index is 1.98. The Bertz CT molecular complexity index is 562. The second kappa shape index (κ2) is 3.90. The molecule has 102 valence electrons. The van der Waals surface area contributed by atoms with Crippen molar-refractivity contribution in [3.05, 3.63) is 5.82 Å². The second-order valence-electron chi connectivity index (χ2n) is 4.71. The van der Waals surface area contributed by atoms with E-state index >= 15 is 0 Å². The first kappa shape index (κ1) is 12.4. The van der Waals surface area contributed by atoms with E-state index in [2.05, 4.69) is 15.5 Å². The van der Waals surface area contributed by atoms with Crippen LogP contribution in [0.2, 0.25) is 0 Å². The number of amides is 1. The Morgan fingerprint density at radius 1 is 1.63 bits per heavy atom. The molecule has 2 aliphatic rings. The number of carbonyl (C=O) groups is 2. The summed E-state index contributed by atoms with van der Waals surface area (Å²) in [5.41, 5.74) is 4.40. The number of aromatic nitrogens is 4. The van der Waals surface area contributed by atoms with Gasteiger partial charge in [-0.1, -0.05) is 0 Å². The third-order valence-corrected chi connectivity index (χ3v) is 5.13. The number of aliphatic carboxylic acids is 1. The van der Waals surface area contributed by atoms with Gasteiger partial charge in [0, 0.05) is 19.3 Å². The predicted octanol–water partition coefficient (Wildman–Crippen LogP) is -2.23. The standard InChI is InChI=1S/C9H12N6O3S/c1-14-7(11-12-13-14)9(8(17)18)2-15-5(16)4(10)6(15)19-3-9/h4,6H,2-3,10H2,1H3,(H,17,18)/t4?,6-,9?/m1/s1. The lowest BCUT2D eigenvalue weighted by Crippen LogP contribution is -2.73. The fraction of sp³-hybridized carbons (Fsp3) is 0.667. The Labute approximate surface area is 112 Å². The smallest absolute Gasteiger partial charge is 0.320 e. The van der Waals surface area contributed by atoms with E-state index in [1.54, 1.807) is 7.05 Å². The van der Waals surface area contributed by atoms with Crippen molar-refractivity contribution in [2.45, 2.75) is 16.8 Å². The minimum absolute atomic E-state index is 0.0563. The summed E-state index contributed by atoms with van der Waals surface area (Å²) in [6, 6.07) is -0.533. The second-order valence-corrected chi connectivity index (χ2v) is 5.81. The van der Waals surface area contributed by atoms with Crippen molar-refractivity contribution in [2.24, 2.45) is 12.8 Å². The molecule has 3 atom stereocenters. The highest BCUT2D eigenvalue weighted by Crippen LogP contribution is 2.42. The number of aryl methyl sites for hydroxylation is 1. The van der Waals surface area contributed by atoms with Crippen molar-refractivity contribution < 1.29 is 14.7 Å². The predicted molar refractivity (Wildman–Crippen MR) is 64.0 cm³/mol. The van der Waals surface area contributed by atoms with E-state index in [1.807, 2.05) is 0 Å². The van der Waals surface area contributed by atoms with Crippen LogP contribution < -0.4 is 5.73 Å². The Morgan fingerprint density at radius 3 is 2.95 bits per heavy atom. The molecule has 0 aromatic carbocycles. The lowest BCUT2D eigenvalue weighted by Gasteiger charge is -2.52. The van der Waals surface area contributed by atoms with Crippen LogP contribution in [-0.2, 0) is 22.1 Å². The van der Waals surface area contributed by atoms with Crippen LogP contribution in [0.1, 0.15) is 5.82 Å². The van der Waals surface area contributed by atoms with Gasteiger partial charge in [0.2, 0.25) is 5.91 Å². The summed E-state index contributed by atoms with van der Waals surface area (Å²) in [6.45, 7) is 0.0563. The first-order valence-electron chi connectivity index (χ1n) is 5.61. The highest BCUT2D eigenvalue weighted by Gasteiger charge is 2.58.